The lowest BCUT2D eigenvalue weighted by molar-refractivity contribution is 0.261. The second kappa shape index (κ2) is 7.70. The van der Waals surface area contributed by atoms with Crippen molar-refractivity contribution in [2.45, 2.75) is 51.0 Å². The van der Waals surface area contributed by atoms with Crippen LogP contribution in [0.25, 0.3) is 0 Å². The second-order valence-corrected chi connectivity index (χ2v) is 8.79. The van der Waals surface area contributed by atoms with Crippen LogP contribution in [0.3, 0.4) is 0 Å². The zero-order valence-electron chi connectivity index (χ0n) is 15.1. The fraction of sp³-hybridized carbons (Fsp3) is 0.526. The normalized spacial score (nSPS) is 19.2. The van der Waals surface area contributed by atoms with Gasteiger partial charge in [-0.05, 0) is 44.2 Å². The number of sulfonamides is 1. The van der Waals surface area contributed by atoms with Gasteiger partial charge in [-0.25, -0.2) is 13.4 Å². The molecule has 5 nitrogen and oxygen atoms in total. The fourth-order valence-corrected chi connectivity index (χ4v) is 5.19. The van der Waals surface area contributed by atoms with Gasteiger partial charge in [0.25, 0.3) is 0 Å². The Hall–Kier alpha value is -1.66. The van der Waals surface area contributed by atoms with E-state index in [-0.39, 0.29) is 0 Å². The summed E-state index contributed by atoms with van der Waals surface area (Å²) in [5.41, 5.74) is 1.18. The second-order valence-electron chi connectivity index (χ2n) is 6.86. The highest BCUT2D eigenvalue weighted by Gasteiger charge is 2.30. The summed E-state index contributed by atoms with van der Waals surface area (Å²) in [7, 11) is -3.40. The van der Waals surface area contributed by atoms with Crippen molar-refractivity contribution in [3.05, 3.63) is 48.0 Å². The molecule has 0 N–H and O–H groups in total. The topological polar surface area (TPSA) is 55.2 Å². The highest BCUT2D eigenvalue weighted by molar-refractivity contribution is 7.89. The van der Waals surface area contributed by atoms with E-state index in [0.717, 1.165) is 38.1 Å². The molecule has 0 bridgehead atoms. The van der Waals surface area contributed by atoms with Crippen molar-refractivity contribution in [3.63, 3.8) is 0 Å². The Bertz CT molecular complexity index is 799. The Morgan fingerprint density at radius 3 is 2.72 bits per heavy atom. The first kappa shape index (κ1) is 18.1. The average Bonchev–Trinajstić information content (AvgIpc) is 2.96. The minimum atomic E-state index is -3.40. The monoisotopic (exact) mass is 361 g/mol. The van der Waals surface area contributed by atoms with Crippen LogP contribution in [0.2, 0.25) is 0 Å². The molecular formula is C19H27N3O2S. The van der Waals surface area contributed by atoms with Crippen LogP contribution >= 0.6 is 0 Å². The number of imidazole rings is 1. The first-order chi connectivity index (χ1) is 12.0. The molecule has 1 aromatic carbocycles. The molecule has 6 heteroatoms. The summed E-state index contributed by atoms with van der Waals surface area (Å²) in [5.74, 6) is 1.41. The van der Waals surface area contributed by atoms with E-state index in [0.29, 0.717) is 23.9 Å². The quantitative estimate of drug-likeness (QED) is 0.794. The lowest BCUT2D eigenvalue weighted by Crippen LogP contribution is -2.40. The zero-order valence-corrected chi connectivity index (χ0v) is 15.9. The number of nitrogens with zero attached hydrogens (tertiary/aromatic N) is 3. The maximum Gasteiger partial charge on any atom is 0.243 e. The van der Waals surface area contributed by atoms with E-state index >= 15 is 0 Å². The van der Waals surface area contributed by atoms with Gasteiger partial charge in [0, 0.05) is 37.9 Å². The summed E-state index contributed by atoms with van der Waals surface area (Å²) in [4.78, 5) is 4.96. The van der Waals surface area contributed by atoms with Gasteiger partial charge >= 0.3 is 0 Å². The maximum atomic E-state index is 12.9. The lowest BCUT2D eigenvalue weighted by Gasteiger charge is -2.32. The first-order valence-electron chi connectivity index (χ1n) is 9.08. The largest absolute Gasteiger partial charge is 0.332 e. The molecule has 0 spiro atoms. The van der Waals surface area contributed by atoms with Gasteiger partial charge < -0.3 is 4.57 Å². The van der Waals surface area contributed by atoms with Crippen molar-refractivity contribution in [1.29, 1.82) is 0 Å². The van der Waals surface area contributed by atoms with Crippen molar-refractivity contribution >= 4 is 10.0 Å². The fourth-order valence-electron chi connectivity index (χ4n) is 3.61. The van der Waals surface area contributed by atoms with Crippen LogP contribution in [0.4, 0.5) is 0 Å². The summed E-state index contributed by atoms with van der Waals surface area (Å²) >= 11 is 0. The van der Waals surface area contributed by atoms with E-state index in [9.17, 15) is 8.42 Å². The van der Waals surface area contributed by atoms with Gasteiger partial charge in [-0.1, -0.05) is 25.1 Å². The lowest BCUT2D eigenvalue weighted by atomic mass is 9.96. The van der Waals surface area contributed by atoms with Crippen LogP contribution in [0.1, 0.15) is 37.7 Å². The highest BCUT2D eigenvalue weighted by Crippen LogP contribution is 2.26. The number of piperidine rings is 1. The van der Waals surface area contributed by atoms with E-state index in [2.05, 4.69) is 23.4 Å². The van der Waals surface area contributed by atoms with Crippen molar-refractivity contribution < 1.29 is 8.42 Å². The smallest absolute Gasteiger partial charge is 0.243 e. The molecule has 0 saturated carbocycles. The third kappa shape index (κ3) is 3.96. The predicted molar refractivity (Wildman–Crippen MR) is 98.9 cm³/mol. The van der Waals surface area contributed by atoms with Crippen LogP contribution in [0.15, 0.2) is 41.4 Å². The molecule has 1 aliphatic rings. The molecule has 1 aliphatic heterocycles. The van der Waals surface area contributed by atoms with E-state index in [1.165, 1.54) is 5.69 Å². The number of aryl methyl sites for hydroxylation is 1. The molecule has 1 unspecified atom stereocenters. The minimum absolute atomic E-state index is 0.324. The van der Waals surface area contributed by atoms with Crippen molar-refractivity contribution in [2.24, 2.45) is 5.92 Å². The van der Waals surface area contributed by atoms with Crippen molar-refractivity contribution in [2.75, 3.05) is 13.1 Å². The average molecular weight is 362 g/mol. The van der Waals surface area contributed by atoms with Gasteiger partial charge in [-0.15, -0.1) is 0 Å². The molecular weight excluding hydrogens is 334 g/mol. The van der Waals surface area contributed by atoms with Gasteiger partial charge in [0.05, 0.1) is 4.90 Å². The molecule has 2 aromatic rings. The van der Waals surface area contributed by atoms with Gasteiger partial charge in [0.1, 0.15) is 5.82 Å². The molecule has 2 heterocycles. The highest BCUT2D eigenvalue weighted by atomic mass is 32.2. The molecule has 0 radical (unpaired) electrons. The number of benzene rings is 1. The molecule has 1 saturated heterocycles. The van der Waals surface area contributed by atoms with E-state index in [4.69, 9.17) is 0 Å². The van der Waals surface area contributed by atoms with Crippen LogP contribution in [-0.2, 0) is 23.0 Å². The van der Waals surface area contributed by atoms with Gasteiger partial charge in [-0.3, -0.25) is 0 Å². The SMILES string of the molecule is CCCn1c(C)cnc1CC1CCCN(S(=O)(=O)c2ccccc2)C1. The minimum Gasteiger partial charge on any atom is -0.332 e. The zero-order chi connectivity index (χ0) is 17.9. The Morgan fingerprint density at radius 2 is 2.00 bits per heavy atom. The van der Waals surface area contributed by atoms with Gasteiger partial charge in [0.2, 0.25) is 10.0 Å². The Morgan fingerprint density at radius 1 is 1.24 bits per heavy atom. The van der Waals surface area contributed by atoms with E-state index < -0.39 is 10.0 Å². The third-order valence-electron chi connectivity index (χ3n) is 4.92. The molecule has 0 aliphatic carbocycles. The van der Waals surface area contributed by atoms with Crippen LogP contribution < -0.4 is 0 Å². The van der Waals surface area contributed by atoms with Gasteiger partial charge in [-0.2, -0.15) is 4.31 Å². The van der Waals surface area contributed by atoms with Crippen LogP contribution in [-0.4, -0.2) is 35.4 Å². The Balaban J connectivity index is 1.74. The summed E-state index contributed by atoms with van der Waals surface area (Å²) < 4.78 is 29.6. The number of hydrogen-bond acceptors (Lipinski definition) is 3. The molecule has 136 valence electrons. The standard InChI is InChI=1S/C19H27N3O2S/c1-3-11-22-16(2)14-20-19(22)13-17-8-7-12-21(15-17)25(23,24)18-9-5-4-6-10-18/h4-6,9-10,14,17H,3,7-8,11-13,15H2,1-2H3. The summed E-state index contributed by atoms with van der Waals surface area (Å²) in [6.07, 6.45) is 5.80. The first-order valence-corrected chi connectivity index (χ1v) is 10.5. The maximum absolute atomic E-state index is 12.9. The molecule has 25 heavy (non-hydrogen) atoms. The Labute approximate surface area is 150 Å². The van der Waals surface area contributed by atoms with Gasteiger partial charge in [0.15, 0.2) is 0 Å². The van der Waals surface area contributed by atoms with Crippen LogP contribution in [0, 0.1) is 12.8 Å². The van der Waals surface area contributed by atoms with E-state index in [1.807, 2.05) is 12.3 Å². The third-order valence-corrected chi connectivity index (χ3v) is 6.80. The number of aromatic nitrogens is 2. The number of hydrogen-bond donors (Lipinski definition) is 0. The molecule has 3 rings (SSSR count). The summed E-state index contributed by atoms with van der Waals surface area (Å²) in [6, 6.07) is 8.75. The molecule has 1 fully saturated rings. The number of rotatable bonds is 6. The predicted octanol–water partition coefficient (Wildman–Crippen LogP) is 3.24. The van der Waals surface area contributed by atoms with Crippen molar-refractivity contribution in [3.8, 4) is 0 Å². The molecule has 1 atom stereocenters. The molecule has 1 aromatic heterocycles. The Kier molecular flexibility index (Phi) is 5.59. The van der Waals surface area contributed by atoms with E-state index in [1.54, 1.807) is 28.6 Å². The van der Waals surface area contributed by atoms with Crippen LogP contribution in [0.5, 0.6) is 0 Å². The summed E-state index contributed by atoms with van der Waals surface area (Å²) in [5, 5.41) is 0. The summed E-state index contributed by atoms with van der Waals surface area (Å²) in [6.45, 7) is 6.41. The molecule has 0 amide bonds. The van der Waals surface area contributed by atoms with Crippen molar-refractivity contribution in [1.82, 2.24) is 13.9 Å².